The van der Waals surface area contributed by atoms with Crippen molar-refractivity contribution >= 4 is 11.9 Å². The summed E-state index contributed by atoms with van der Waals surface area (Å²) in [5.74, 6) is -1.40. The highest BCUT2D eigenvalue weighted by Crippen LogP contribution is 2.38. The Morgan fingerprint density at radius 2 is 2.25 bits per heavy atom. The number of fused-ring (bicyclic) bond motifs is 1. The minimum absolute atomic E-state index is 0.257. The topological polar surface area (TPSA) is 81.4 Å². The van der Waals surface area contributed by atoms with Gasteiger partial charge >= 0.3 is 11.9 Å². The minimum Gasteiger partial charge on any atom is -0.481 e. The molecule has 0 radical (unpaired) electrons. The maximum absolute atomic E-state index is 11.2. The van der Waals surface area contributed by atoms with Gasteiger partial charge in [-0.1, -0.05) is 13.8 Å². The third-order valence-electron chi connectivity index (χ3n) is 3.82. The van der Waals surface area contributed by atoms with Gasteiger partial charge in [-0.05, 0) is 18.4 Å². The van der Waals surface area contributed by atoms with Gasteiger partial charge in [0.2, 0.25) is 0 Å². The number of aryl methyl sites for hydroxylation is 1. The molecule has 1 heterocycles. The van der Waals surface area contributed by atoms with Gasteiger partial charge in [0.05, 0.1) is 31.7 Å². The zero-order valence-corrected chi connectivity index (χ0v) is 12.0. The van der Waals surface area contributed by atoms with E-state index in [1.54, 1.807) is 4.68 Å². The van der Waals surface area contributed by atoms with Gasteiger partial charge in [0.25, 0.3) is 0 Å². The van der Waals surface area contributed by atoms with Gasteiger partial charge in [0.15, 0.2) is 0 Å². The molecule has 0 aromatic carbocycles. The predicted molar refractivity (Wildman–Crippen MR) is 71.3 cm³/mol. The molecule has 110 valence electrons. The molecule has 0 bridgehead atoms. The third kappa shape index (κ3) is 2.84. The van der Waals surface area contributed by atoms with Crippen molar-refractivity contribution < 1.29 is 19.4 Å². The number of carbonyl (C=O) groups excluding carboxylic acids is 1. The van der Waals surface area contributed by atoms with E-state index < -0.39 is 5.97 Å². The lowest BCUT2D eigenvalue weighted by atomic mass is 9.72. The molecule has 1 aromatic heterocycles. The fourth-order valence-corrected chi connectivity index (χ4v) is 2.83. The van der Waals surface area contributed by atoms with Crippen molar-refractivity contribution in [1.82, 2.24) is 9.78 Å². The molecular formula is C14H20N2O4. The van der Waals surface area contributed by atoms with E-state index in [-0.39, 0.29) is 23.7 Å². The molecule has 0 aliphatic heterocycles. The summed E-state index contributed by atoms with van der Waals surface area (Å²) in [4.78, 5) is 22.4. The number of rotatable bonds is 4. The highest BCUT2D eigenvalue weighted by Gasteiger charge is 2.38. The van der Waals surface area contributed by atoms with Gasteiger partial charge < -0.3 is 9.84 Å². The highest BCUT2D eigenvalue weighted by atomic mass is 16.5. The van der Waals surface area contributed by atoms with Gasteiger partial charge in [-0.15, -0.1) is 0 Å². The summed E-state index contributed by atoms with van der Waals surface area (Å²) >= 11 is 0. The van der Waals surface area contributed by atoms with Gasteiger partial charge in [0.1, 0.15) is 0 Å². The smallest absolute Gasteiger partial charge is 0.307 e. The Kier molecular flexibility index (Phi) is 3.83. The molecule has 1 unspecified atom stereocenters. The van der Waals surface area contributed by atoms with E-state index in [1.165, 1.54) is 7.11 Å². The number of nitrogens with zero attached hydrogens (tertiary/aromatic N) is 2. The van der Waals surface area contributed by atoms with Crippen LogP contribution in [0, 0.1) is 5.92 Å². The second-order valence-corrected chi connectivity index (χ2v) is 5.92. The van der Waals surface area contributed by atoms with E-state index in [4.69, 9.17) is 0 Å². The van der Waals surface area contributed by atoms with Crippen molar-refractivity contribution in [3.8, 4) is 0 Å². The van der Waals surface area contributed by atoms with Gasteiger partial charge in [-0.2, -0.15) is 5.10 Å². The number of esters is 1. The maximum atomic E-state index is 11.2. The fraction of sp³-hybridized carbons (Fsp3) is 0.643. The molecule has 1 N–H and O–H groups in total. The van der Waals surface area contributed by atoms with Gasteiger partial charge in [-0.25, -0.2) is 0 Å². The molecule has 0 spiro atoms. The molecular weight excluding hydrogens is 260 g/mol. The molecule has 0 amide bonds. The summed E-state index contributed by atoms with van der Waals surface area (Å²) in [5.41, 5.74) is 1.66. The number of methoxy groups -OCH3 is 1. The van der Waals surface area contributed by atoms with E-state index in [0.717, 1.165) is 11.3 Å². The summed E-state index contributed by atoms with van der Waals surface area (Å²) in [7, 11) is 1.36. The second kappa shape index (κ2) is 5.26. The Bertz CT molecular complexity index is 533. The molecule has 1 aliphatic carbocycles. The predicted octanol–water partition coefficient (Wildman–Crippen LogP) is 1.37. The molecule has 1 aliphatic rings. The number of hydrogen-bond acceptors (Lipinski definition) is 4. The second-order valence-electron chi connectivity index (χ2n) is 5.92. The Labute approximate surface area is 117 Å². The third-order valence-corrected chi connectivity index (χ3v) is 3.82. The van der Waals surface area contributed by atoms with Crippen LogP contribution in [0.5, 0.6) is 0 Å². The normalized spacial score (nSPS) is 20.2. The van der Waals surface area contributed by atoms with Crippen LogP contribution in [0.15, 0.2) is 6.20 Å². The maximum Gasteiger partial charge on any atom is 0.307 e. The summed E-state index contributed by atoms with van der Waals surface area (Å²) < 4.78 is 6.32. The first kappa shape index (κ1) is 14.6. The quantitative estimate of drug-likeness (QED) is 0.842. The van der Waals surface area contributed by atoms with Crippen LogP contribution in [-0.2, 0) is 32.7 Å². The van der Waals surface area contributed by atoms with Crippen LogP contribution < -0.4 is 0 Å². The zero-order valence-electron chi connectivity index (χ0n) is 12.0. The first-order chi connectivity index (χ1) is 9.33. The first-order valence-corrected chi connectivity index (χ1v) is 6.70. The zero-order chi connectivity index (χ0) is 14.9. The first-order valence-electron chi connectivity index (χ1n) is 6.70. The van der Waals surface area contributed by atoms with Crippen molar-refractivity contribution in [3.63, 3.8) is 0 Å². The Morgan fingerprint density at radius 3 is 2.85 bits per heavy atom. The van der Waals surface area contributed by atoms with Crippen molar-refractivity contribution in [2.75, 3.05) is 7.11 Å². The molecule has 6 heteroatoms. The molecule has 0 saturated carbocycles. The molecule has 1 atom stereocenters. The van der Waals surface area contributed by atoms with Gasteiger partial charge in [0, 0.05) is 11.6 Å². The molecule has 2 rings (SSSR count). The summed E-state index contributed by atoms with van der Waals surface area (Å²) in [6, 6.07) is 0. The molecule has 1 aromatic rings. The van der Waals surface area contributed by atoms with Crippen molar-refractivity contribution in [2.24, 2.45) is 5.92 Å². The van der Waals surface area contributed by atoms with Crippen LogP contribution in [0.3, 0.4) is 0 Å². The number of aliphatic carboxylic acids is 1. The number of carboxylic acids is 1. The largest absolute Gasteiger partial charge is 0.481 e. The van der Waals surface area contributed by atoms with Crippen molar-refractivity contribution in [1.29, 1.82) is 0 Å². The standard InChI is InChI=1S/C14H20N2O4/c1-14(2)7-9(13(18)19)6-10-8-16(15-12(10)14)5-4-11(17)20-3/h8-9H,4-7H2,1-3H3,(H,18,19). The SMILES string of the molecule is COC(=O)CCn1cc2c(n1)C(C)(C)CC(C(=O)O)C2. The van der Waals surface area contributed by atoms with E-state index in [0.29, 0.717) is 19.4 Å². The number of aromatic nitrogens is 2. The monoisotopic (exact) mass is 280 g/mol. The van der Waals surface area contributed by atoms with Crippen LogP contribution >= 0.6 is 0 Å². The molecule has 0 saturated heterocycles. The van der Waals surface area contributed by atoms with Crippen LogP contribution in [0.25, 0.3) is 0 Å². The average molecular weight is 280 g/mol. The number of hydrogen-bond donors (Lipinski definition) is 1. The highest BCUT2D eigenvalue weighted by molar-refractivity contribution is 5.71. The van der Waals surface area contributed by atoms with E-state index >= 15 is 0 Å². The van der Waals surface area contributed by atoms with Crippen molar-refractivity contribution in [3.05, 3.63) is 17.5 Å². The summed E-state index contributed by atoms with van der Waals surface area (Å²) in [6.07, 6.45) is 3.21. The Balaban J connectivity index is 2.19. The van der Waals surface area contributed by atoms with Crippen LogP contribution in [0.4, 0.5) is 0 Å². The molecule has 6 nitrogen and oxygen atoms in total. The van der Waals surface area contributed by atoms with Crippen LogP contribution in [-0.4, -0.2) is 33.9 Å². The van der Waals surface area contributed by atoms with E-state index in [2.05, 4.69) is 9.84 Å². The van der Waals surface area contributed by atoms with E-state index in [1.807, 2.05) is 20.0 Å². The number of carboxylic acid groups (broad SMARTS) is 1. The lowest BCUT2D eigenvalue weighted by Crippen LogP contribution is -2.33. The Morgan fingerprint density at radius 1 is 1.55 bits per heavy atom. The number of ether oxygens (including phenoxy) is 1. The van der Waals surface area contributed by atoms with Crippen LogP contribution in [0.2, 0.25) is 0 Å². The minimum atomic E-state index is -0.758. The summed E-state index contributed by atoms with van der Waals surface area (Å²) in [6.45, 7) is 4.48. The molecule has 0 fully saturated rings. The van der Waals surface area contributed by atoms with Gasteiger partial charge in [-0.3, -0.25) is 14.3 Å². The van der Waals surface area contributed by atoms with Crippen molar-refractivity contribution in [2.45, 2.75) is 45.1 Å². The van der Waals surface area contributed by atoms with Crippen LogP contribution in [0.1, 0.15) is 37.9 Å². The lowest BCUT2D eigenvalue weighted by Gasteiger charge is -2.32. The fourth-order valence-electron chi connectivity index (χ4n) is 2.83. The average Bonchev–Trinajstić information content (AvgIpc) is 2.79. The Hall–Kier alpha value is -1.85. The summed E-state index contributed by atoms with van der Waals surface area (Å²) in [5, 5.41) is 13.7. The lowest BCUT2D eigenvalue weighted by molar-refractivity contribution is -0.143. The molecule has 20 heavy (non-hydrogen) atoms. The number of carbonyl (C=O) groups is 2. The van der Waals surface area contributed by atoms with E-state index in [9.17, 15) is 14.7 Å².